The number of aliphatic hydroxyl groups is 4. The highest BCUT2D eigenvalue weighted by atomic mass is 32.1. The minimum atomic E-state index is -1.63. The van der Waals surface area contributed by atoms with Gasteiger partial charge < -0.3 is 29.9 Å². The van der Waals surface area contributed by atoms with Gasteiger partial charge in [-0.25, -0.2) is 0 Å². The molecular weight excluding hydrogens is 404 g/mol. The predicted octanol–water partition coefficient (Wildman–Crippen LogP) is 1.83. The van der Waals surface area contributed by atoms with Gasteiger partial charge in [0.25, 0.3) is 0 Å². The maximum absolute atomic E-state index is 10.8. The number of ether oxygens (including phenoxy) is 2. The molecule has 3 aromatic rings. The first-order valence-corrected chi connectivity index (χ1v) is 10.8. The normalized spacial score (nSPS) is 33.3. The first-order valence-electron chi connectivity index (χ1n) is 9.95. The lowest BCUT2D eigenvalue weighted by Gasteiger charge is -2.46. The summed E-state index contributed by atoms with van der Waals surface area (Å²) in [5.74, 6) is -1.63. The zero-order chi connectivity index (χ0) is 21.1. The molecule has 5 rings (SSSR count). The van der Waals surface area contributed by atoms with Crippen LogP contribution >= 0.6 is 11.3 Å². The van der Waals surface area contributed by atoms with E-state index in [0.29, 0.717) is 12.0 Å². The Morgan fingerprint density at radius 2 is 1.87 bits per heavy atom. The van der Waals surface area contributed by atoms with Crippen LogP contribution in [0.15, 0.2) is 48.5 Å². The summed E-state index contributed by atoms with van der Waals surface area (Å²) in [7, 11) is 0. The molecule has 2 aliphatic heterocycles. The molecule has 0 amide bonds. The van der Waals surface area contributed by atoms with Gasteiger partial charge in [-0.05, 0) is 41.6 Å². The van der Waals surface area contributed by atoms with E-state index in [0.717, 1.165) is 11.1 Å². The van der Waals surface area contributed by atoms with Crippen molar-refractivity contribution in [3.63, 3.8) is 0 Å². The number of fused-ring (bicyclic) bond motifs is 3. The van der Waals surface area contributed by atoms with Crippen molar-refractivity contribution in [3.8, 4) is 0 Å². The van der Waals surface area contributed by atoms with Crippen molar-refractivity contribution in [2.45, 2.75) is 43.0 Å². The lowest BCUT2D eigenvalue weighted by Crippen LogP contribution is -2.65. The lowest BCUT2D eigenvalue weighted by molar-refractivity contribution is -0.329. The van der Waals surface area contributed by atoms with Crippen molar-refractivity contribution in [3.05, 3.63) is 70.1 Å². The van der Waals surface area contributed by atoms with Gasteiger partial charge in [0.05, 0.1) is 13.2 Å². The van der Waals surface area contributed by atoms with Crippen LogP contribution in [0.25, 0.3) is 10.1 Å². The largest absolute Gasteiger partial charge is 0.393 e. The molecule has 2 bridgehead atoms. The Bertz CT molecular complexity index is 1060. The van der Waals surface area contributed by atoms with E-state index in [1.165, 1.54) is 15.0 Å². The summed E-state index contributed by atoms with van der Waals surface area (Å²) in [6, 6.07) is 16.1. The molecular formula is C23H24O6S. The van der Waals surface area contributed by atoms with Crippen molar-refractivity contribution in [1.82, 2.24) is 0 Å². The molecule has 6 nitrogen and oxygen atoms in total. The SMILES string of the molecule is Cc1ccc([C@]23OC[C@](CO)(O2)[C@@H](O)[C@H](O)[C@H]3O)cc1Cc1cc2ccccc2s1. The smallest absolute Gasteiger partial charge is 0.225 e. The quantitative estimate of drug-likeness (QED) is 0.506. The molecule has 4 N–H and O–H groups in total. The van der Waals surface area contributed by atoms with Gasteiger partial charge in [0.1, 0.15) is 23.9 Å². The highest BCUT2D eigenvalue weighted by molar-refractivity contribution is 7.19. The summed E-state index contributed by atoms with van der Waals surface area (Å²) in [6.07, 6.45) is -3.73. The van der Waals surface area contributed by atoms with E-state index in [9.17, 15) is 20.4 Å². The average molecular weight is 429 g/mol. The van der Waals surface area contributed by atoms with Crippen LogP contribution in [0, 0.1) is 6.92 Å². The summed E-state index contributed by atoms with van der Waals surface area (Å²) in [4.78, 5) is 1.21. The maximum Gasteiger partial charge on any atom is 0.225 e. The molecule has 3 heterocycles. The van der Waals surface area contributed by atoms with Gasteiger partial charge in [-0.2, -0.15) is 0 Å². The van der Waals surface area contributed by atoms with Crippen molar-refractivity contribution in [1.29, 1.82) is 0 Å². The molecule has 158 valence electrons. The maximum atomic E-state index is 10.8. The number of hydrogen-bond donors (Lipinski definition) is 4. The summed E-state index contributed by atoms with van der Waals surface area (Å²) in [5, 5.41) is 42.5. The minimum absolute atomic E-state index is 0.127. The molecule has 2 fully saturated rings. The van der Waals surface area contributed by atoms with E-state index in [2.05, 4.69) is 18.2 Å². The van der Waals surface area contributed by atoms with Crippen LogP contribution in [-0.4, -0.2) is 57.6 Å². The fraction of sp³-hybridized carbons (Fsp3) is 0.391. The van der Waals surface area contributed by atoms with E-state index >= 15 is 0 Å². The van der Waals surface area contributed by atoms with Crippen LogP contribution in [0.3, 0.4) is 0 Å². The second-order valence-electron chi connectivity index (χ2n) is 8.23. The van der Waals surface area contributed by atoms with Crippen molar-refractivity contribution in [2.24, 2.45) is 0 Å². The Morgan fingerprint density at radius 1 is 1.07 bits per heavy atom. The number of thiophene rings is 1. The number of aliphatic hydroxyl groups excluding tert-OH is 4. The summed E-state index contributed by atoms with van der Waals surface area (Å²) < 4.78 is 13.0. The molecule has 2 aliphatic rings. The van der Waals surface area contributed by atoms with Crippen LogP contribution in [0.2, 0.25) is 0 Å². The first-order chi connectivity index (χ1) is 14.4. The van der Waals surface area contributed by atoms with Crippen LogP contribution in [0.4, 0.5) is 0 Å². The third-order valence-electron chi connectivity index (χ3n) is 6.32. The minimum Gasteiger partial charge on any atom is -0.393 e. The topological polar surface area (TPSA) is 99.4 Å². The Kier molecular flexibility index (Phi) is 4.75. The van der Waals surface area contributed by atoms with Gasteiger partial charge in [0.15, 0.2) is 0 Å². The molecule has 0 spiro atoms. The Balaban J connectivity index is 1.53. The lowest BCUT2D eigenvalue weighted by atomic mass is 9.83. The molecule has 0 aliphatic carbocycles. The third kappa shape index (κ3) is 2.85. The summed E-state index contributed by atoms with van der Waals surface area (Å²) in [5.41, 5.74) is 1.23. The summed E-state index contributed by atoms with van der Waals surface area (Å²) >= 11 is 1.74. The number of rotatable bonds is 4. The van der Waals surface area contributed by atoms with E-state index in [1.807, 2.05) is 31.2 Å². The van der Waals surface area contributed by atoms with Crippen molar-refractivity contribution >= 4 is 21.4 Å². The molecule has 0 saturated carbocycles. The molecule has 30 heavy (non-hydrogen) atoms. The van der Waals surface area contributed by atoms with Crippen LogP contribution in [0.1, 0.15) is 21.6 Å². The van der Waals surface area contributed by atoms with Gasteiger partial charge in [-0.3, -0.25) is 0 Å². The van der Waals surface area contributed by atoms with Crippen LogP contribution in [-0.2, 0) is 21.7 Å². The molecule has 2 saturated heterocycles. The fourth-order valence-electron chi connectivity index (χ4n) is 4.47. The third-order valence-corrected chi connectivity index (χ3v) is 7.44. The van der Waals surface area contributed by atoms with Gasteiger partial charge in [0, 0.05) is 21.6 Å². The van der Waals surface area contributed by atoms with Gasteiger partial charge in [0.2, 0.25) is 5.79 Å². The van der Waals surface area contributed by atoms with Gasteiger partial charge in [-0.15, -0.1) is 11.3 Å². The van der Waals surface area contributed by atoms with E-state index in [1.54, 1.807) is 17.4 Å². The molecule has 5 atom stereocenters. The highest BCUT2D eigenvalue weighted by Gasteiger charge is 2.67. The highest BCUT2D eigenvalue weighted by Crippen LogP contribution is 2.49. The van der Waals surface area contributed by atoms with Crippen LogP contribution in [0.5, 0.6) is 0 Å². The second kappa shape index (κ2) is 7.10. The Labute approximate surface area is 177 Å². The molecule has 0 radical (unpaired) electrons. The van der Waals surface area contributed by atoms with Gasteiger partial charge >= 0.3 is 0 Å². The molecule has 1 aromatic heterocycles. The number of aryl methyl sites for hydroxylation is 1. The van der Waals surface area contributed by atoms with E-state index in [-0.39, 0.29) is 6.61 Å². The predicted molar refractivity (Wildman–Crippen MR) is 112 cm³/mol. The van der Waals surface area contributed by atoms with E-state index in [4.69, 9.17) is 9.47 Å². The zero-order valence-corrected chi connectivity index (χ0v) is 17.3. The first kappa shape index (κ1) is 20.1. The molecule has 7 heteroatoms. The Morgan fingerprint density at radius 3 is 2.63 bits per heavy atom. The average Bonchev–Trinajstić information content (AvgIpc) is 3.34. The number of hydrogen-bond acceptors (Lipinski definition) is 7. The van der Waals surface area contributed by atoms with Crippen molar-refractivity contribution < 1.29 is 29.9 Å². The second-order valence-corrected chi connectivity index (χ2v) is 9.40. The Hall–Kier alpha value is -1.84. The summed E-state index contributed by atoms with van der Waals surface area (Å²) in [6.45, 7) is 1.37. The van der Waals surface area contributed by atoms with Crippen LogP contribution < -0.4 is 0 Å². The van der Waals surface area contributed by atoms with E-state index < -0.39 is 36.3 Å². The standard InChI is InChI=1S/C23H24O6S/c1-13-6-7-16(8-15(13)10-17-9-14-4-2-3-5-18(14)30-17)23-21(27)19(25)20(26)22(11-24,29-23)12-28-23/h2-9,19-21,24-27H,10-12H2,1H3/t19-,20-,21+,22-,23-/m0/s1. The monoisotopic (exact) mass is 428 g/mol. The molecule has 0 unspecified atom stereocenters. The van der Waals surface area contributed by atoms with Crippen molar-refractivity contribution in [2.75, 3.05) is 13.2 Å². The zero-order valence-electron chi connectivity index (χ0n) is 16.5. The molecule has 2 aromatic carbocycles. The fourth-order valence-corrected chi connectivity index (χ4v) is 5.55. The number of benzene rings is 2. The van der Waals surface area contributed by atoms with Gasteiger partial charge in [-0.1, -0.05) is 30.3 Å².